The Labute approximate surface area is 240 Å². The van der Waals surface area contributed by atoms with Gasteiger partial charge < -0.3 is 24.4 Å². The quantitative estimate of drug-likeness (QED) is 0.280. The maximum Gasteiger partial charge on any atom is 0.265 e. The van der Waals surface area contributed by atoms with Crippen molar-refractivity contribution in [1.82, 2.24) is 29.4 Å². The number of fused-ring (bicyclic) bond motifs is 1. The van der Waals surface area contributed by atoms with Crippen molar-refractivity contribution in [1.29, 1.82) is 0 Å². The van der Waals surface area contributed by atoms with Crippen molar-refractivity contribution >= 4 is 17.0 Å². The summed E-state index contributed by atoms with van der Waals surface area (Å²) in [5.74, 6) is 1.38. The van der Waals surface area contributed by atoms with Gasteiger partial charge in [-0.25, -0.2) is 4.98 Å². The number of aromatic nitrogens is 4. The second-order valence-electron chi connectivity index (χ2n) is 10.4. The number of morpholine rings is 1. The molecule has 41 heavy (non-hydrogen) atoms. The SMILES string of the molecule is COc1cc(OC)cc(N(CCNC(C)C)c2ccc3ncc(-c4cnn(CCN5CCOCC5)c4)c(=O)n3c2)c1. The van der Waals surface area contributed by atoms with Crippen LogP contribution < -0.4 is 25.2 Å². The molecule has 0 spiro atoms. The van der Waals surface area contributed by atoms with Gasteiger partial charge in [0.15, 0.2) is 0 Å². The van der Waals surface area contributed by atoms with Gasteiger partial charge in [-0.2, -0.15) is 5.10 Å². The van der Waals surface area contributed by atoms with Crippen LogP contribution in [0.5, 0.6) is 11.5 Å². The highest BCUT2D eigenvalue weighted by atomic mass is 16.5. The summed E-state index contributed by atoms with van der Waals surface area (Å²) in [7, 11) is 3.27. The molecule has 1 N–H and O–H groups in total. The third kappa shape index (κ3) is 6.87. The molecule has 11 nitrogen and oxygen atoms in total. The van der Waals surface area contributed by atoms with Crippen molar-refractivity contribution < 1.29 is 14.2 Å². The summed E-state index contributed by atoms with van der Waals surface area (Å²) in [5.41, 5.74) is 3.43. The Morgan fingerprint density at radius 1 is 1.00 bits per heavy atom. The molecule has 0 atom stereocenters. The fraction of sp³-hybridized carbons (Fsp3) is 0.433. The minimum absolute atomic E-state index is 0.145. The summed E-state index contributed by atoms with van der Waals surface area (Å²) >= 11 is 0. The van der Waals surface area contributed by atoms with Crippen LogP contribution in [0.15, 0.2) is 59.9 Å². The summed E-state index contributed by atoms with van der Waals surface area (Å²) < 4.78 is 20.0. The zero-order chi connectivity index (χ0) is 28.8. The molecule has 4 heterocycles. The molecule has 1 aliphatic rings. The number of pyridine rings is 1. The first kappa shape index (κ1) is 28.6. The Bertz CT molecular complexity index is 1490. The van der Waals surface area contributed by atoms with E-state index in [2.05, 4.69) is 39.0 Å². The third-order valence-electron chi connectivity index (χ3n) is 7.23. The minimum Gasteiger partial charge on any atom is -0.497 e. The number of methoxy groups -OCH3 is 2. The molecule has 1 saturated heterocycles. The standard InChI is InChI=1S/C30H39N7O4/c1-22(2)31-7-8-36(25-15-26(39-3)17-27(16-25)40-4)24-5-6-29-32-19-28(30(38)37(29)21-24)23-18-33-35(20-23)10-9-34-11-13-41-14-12-34/h5-6,15-22,31H,7-14H2,1-4H3. The predicted molar refractivity (Wildman–Crippen MR) is 160 cm³/mol. The third-order valence-corrected chi connectivity index (χ3v) is 7.23. The van der Waals surface area contributed by atoms with Crippen molar-refractivity contribution in [3.63, 3.8) is 0 Å². The van der Waals surface area contributed by atoms with Gasteiger partial charge in [-0.3, -0.25) is 18.8 Å². The molecule has 0 saturated carbocycles. The van der Waals surface area contributed by atoms with E-state index >= 15 is 0 Å². The average molecular weight is 562 g/mol. The molecule has 5 rings (SSSR count). The second kappa shape index (κ2) is 13.2. The molecule has 3 aromatic heterocycles. The fourth-order valence-corrected chi connectivity index (χ4v) is 4.94. The molecule has 0 unspecified atom stereocenters. The van der Waals surface area contributed by atoms with Crippen LogP contribution >= 0.6 is 0 Å². The molecule has 218 valence electrons. The average Bonchev–Trinajstić information content (AvgIpc) is 3.47. The van der Waals surface area contributed by atoms with Gasteiger partial charge in [0.1, 0.15) is 17.1 Å². The van der Waals surface area contributed by atoms with E-state index in [1.54, 1.807) is 31.0 Å². The second-order valence-corrected chi connectivity index (χ2v) is 10.4. The van der Waals surface area contributed by atoms with Crippen molar-refractivity contribution in [2.45, 2.75) is 26.4 Å². The van der Waals surface area contributed by atoms with Crippen LogP contribution in [-0.2, 0) is 11.3 Å². The van der Waals surface area contributed by atoms with E-state index in [1.165, 1.54) is 0 Å². The van der Waals surface area contributed by atoms with Crippen LogP contribution in [0, 0.1) is 0 Å². The Balaban J connectivity index is 1.46. The number of hydrogen-bond donors (Lipinski definition) is 1. The molecule has 0 radical (unpaired) electrons. The molecule has 0 bridgehead atoms. The Morgan fingerprint density at radius 3 is 2.46 bits per heavy atom. The lowest BCUT2D eigenvalue weighted by atomic mass is 10.2. The van der Waals surface area contributed by atoms with E-state index in [1.807, 2.05) is 47.4 Å². The maximum atomic E-state index is 13.8. The molecule has 1 fully saturated rings. The molecule has 11 heteroatoms. The van der Waals surface area contributed by atoms with Crippen molar-refractivity contribution in [3.05, 3.63) is 65.5 Å². The monoisotopic (exact) mass is 561 g/mol. The fourth-order valence-electron chi connectivity index (χ4n) is 4.94. The van der Waals surface area contributed by atoms with Gasteiger partial charge >= 0.3 is 0 Å². The zero-order valence-electron chi connectivity index (χ0n) is 24.2. The van der Waals surface area contributed by atoms with E-state index < -0.39 is 0 Å². The number of rotatable bonds is 12. The maximum absolute atomic E-state index is 13.8. The molecular formula is C30H39N7O4. The molecule has 1 aliphatic heterocycles. The smallest absolute Gasteiger partial charge is 0.265 e. The summed E-state index contributed by atoms with van der Waals surface area (Å²) in [4.78, 5) is 22.8. The van der Waals surface area contributed by atoms with Crippen LogP contribution in [0.2, 0.25) is 0 Å². The molecule has 1 aromatic carbocycles. The topological polar surface area (TPSA) is 98.4 Å². The summed E-state index contributed by atoms with van der Waals surface area (Å²) in [6.45, 7) is 10.7. The Kier molecular flexibility index (Phi) is 9.17. The van der Waals surface area contributed by atoms with Crippen molar-refractivity contribution in [2.75, 3.05) is 65.1 Å². The van der Waals surface area contributed by atoms with Gasteiger partial charge in [0.05, 0.1) is 51.4 Å². The highest BCUT2D eigenvalue weighted by Crippen LogP contribution is 2.32. The van der Waals surface area contributed by atoms with Gasteiger partial charge in [-0.15, -0.1) is 0 Å². The van der Waals surface area contributed by atoms with E-state index in [9.17, 15) is 4.79 Å². The number of nitrogens with zero attached hydrogens (tertiary/aromatic N) is 6. The largest absolute Gasteiger partial charge is 0.497 e. The van der Waals surface area contributed by atoms with E-state index in [4.69, 9.17) is 14.2 Å². The van der Waals surface area contributed by atoms with E-state index in [-0.39, 0.29) is 5.56 Å². The first-order valence-corrected chi connectivity index (χ1v) is 14.0. The predicted octanol–water partition coefficient (Wildman–Crippen LogP) is 3.04. The van der Waals surface area contributed by atoms with E-state index in [0.717, 1.165) is 62.9 Å². The van der Waals surface area contributed by atoms with Crippen molar-refractivity contribution in [3.8, 4) is 22.6 Å². The lowest BCUT2D eigenvalue weighted by Gasteiger charge is -2.27. The van der Waals surface area contributed by atoms with Crippen LogP contribution in [0.1, 0.15) is 13.8 Å². The summed E-state index contributed by atoms with van der Waals surface area (Å²) in [6.07, 6.45) is 7.14. The van der Waals surface area contributed by atoms with Crippen LogP contribution in [0.25, 0.3) is 16.8 Å². The highest BCUT2D eigenvalue weighted by Gasteiger charge is 2.16. The lowest BCUT2D eigenvalue weighted by molar-refractivity contribution is 0.0360. The van der Waals surface area contributed by atoms with Crippen molar-refractivity contribution in [2.24, 2.45) is 0 Å². The first-order valence-electron chi connectivity index (χ1n) is 14.0. The Morgan fingerprint density at radius 2 is 1.76 bits per heavy atom. The summed E-state index contributed by atoms with van der Waals surface area (Å²) in [6, 6.07) is 9.96. The van der Waals surface area contributed by atoms with Gasteiger partial charge in [0, 0.05) is 86.8 Å². The van der Waals surface area contributed by atoms with E-state index in [0.29, 0.717) is 35.3 Å². The number of ether oxygens (including phenoxy) is 3. The molecular weight excluding hydrogens is 522 g/mol. The molecule has 0 aliphatic carbocycles. The van der Waals surface area contributed by atoms with Gasteiger partial charge in [0.25, 0.3) is 5.56 Å². The Hall–Kier alpha value is -3.93. The summed E-state index contributed by atoms with van der Waals surface area (Å²) in [5, 5.41) is 7.99. The highest BCUT2D eigenvalue weighted by molar-refractivity contribution is 5.68. The molecule has 4 aromatic rings. The van der Waals surface area contributed by atoms with Gasteiger partial charge in [-0.05, 0) is 12.1 Å². The number of benzene rings is 1. The molecule has 0 amide bonds. The van der Waals surface area contributed by atoms with Gasteiger partial charge in [-0.1, -0.05) is 13.8 Å². The van der Waals surface area contributed by atoms with Gasteiger partial charge in [0.2, 0.25) is 0 Å². The van der Waals surface area contributed by atoms with Crippen LogP contribution in [-0.4, -0.2) is 90.3 Å². The minimum atomic E-state index is -0.145. The number of hydrogen-bond acceptors (Lipinski definition) is 9. The lowest BCUT2D eigenvalue weighted by Crippen LogP contribution is -2.38. The van der Waals surface area contributed by atoms with Crippen LogP contribution in [0.4, 0.5) is 11.4 Å². The number of nitrogens with one attached hydrogen (secondary N) is 1. The number of anilines is 2. The first-order chi connectivity index (χ1) is 19.9. The van der Waals surface area contributed by atoms with Crippen LogP contribution in [0.3, 0.4) is 0 Å². The zero-order valence-corrected chi connectivity index (χ0v) is 24.2. The normalized spacial score (nSPS) is 14.1.